The van der Waals surface area contributed by atoms with Gasteiger partial charge >= 0.3 is 0 Å². The second kappa shape index (κ2) is 11.1. The molecule has 2 aliphatic carbocycles. The lowest BCUT2D eigenvalue weighted by atomic mass is 9.70. The molecule has 1 nitrogen and oxygen atoms in total. The fourth-order valence-corrected chi connectivity index (χ4v) is 3.54. The van der Waals surface area contributed by atoms with Crippen LogP contribution < -0.4 is 0 Å². The smallest absolute Gasteiger partial charge is 0.0468 e. The first-order chi connectivity index (χ1) is 9.79. The first-order valence-corrected chi connectivity index (χ1v) is 8.74. The van der Waals surface area contributed by atoms with Gasteiger partial charge in [-0.15, -0.1) is 0 Å². The Bertz CT molecular complexity index is 293. The molecule has 0 saturated heterocycles. The Labute approximate surface area is 127 Å². The highest BCUT2D eigenvalue weighted by molar-refractivity contribution is 5.30. The lowest BCUT2D eigenvalue weighted by Gasteiger charge is -2.35. The van der Waals surface area contributed by atoms with Crippen LogP contribution in [0.1, 0.15) is 86.0 Å². The third-order valence-electron chi connectivity index (χ3n) is 4.42. The largest absolute Gasteiger partial charge is 0.396 e. The van der Waals surface area contributed by atoms with E-state index in [0.717, 1.165) is 6.42 Å². The summed E-state index contributed by atoms with van der Waals surface area (Å²) < 4.78 is 0. The summed E-state index contributed by atoms with van der Waals surface area (Å²) >= 11 is 0. The van der Waals surface area contributed by atoms with E-state index in [0.29, 0.717) is 12.0 Å². The normalized spacial score (nSPS) is 20.5. The molecule has 0 radical (unpaired) electrons. The quantitative estimate of drug-likeness (QED) is 0.668. The molecule has 0 amide bonds. The molecule has 20 heavy (non-hydrogen) atoms. The van der Waals surface area contributed by atoms with Crippen molar-refractivity contribution < 1.29 is 5.11 Å². The molecule has 2 aliphatic rings. The Hall–Kier alpha value is -0.560. The van der Waals surface area contributed by atoms with Crippen LogP contribution in [0.15, 0.2) is 23.3 Å². The van der Waals surface area contributed by atoms with E-state index in [-0.39, 0.29) is 0 Å². The molecule has 1 heteroatoms. The molecule has 118 valence electrons. The number of allylic oxidation sites excluding steroid dienone is 3. The Morgan fingerprint density at radius 1 is 1.05 bits per heavy atom. The van der Waals surface area contributed by atoms with Crippen LogP contribution in [-0.2, 0) is 0 Å². The van der Waals surface area contributed by atoms with Crippen molar-refractivity contribution in [3.8, 4) is 0 Å². The van der Waals surface area contributed by atoms with Crippen LogP contribution in [0.2, 0.25) is 0 Å². The summed E-state index contributed by atoms with van der Waals surface area (Å²) in [5.74, 6) is 0. The Kier molecular flexibility index (Phi) is 10.8. The summed E-state index contributed by atoms with van der Waals surface area (Å²) in [5, 5.41) is 9.10. The van der Waals surface area contributed by atoms with Crippen LogP contribution in [-0.4, -0.2) is 11.7 Å². The molecule has 0 aromatic carbocycles. The molecule has 0 aromatic heterocycles. The van der Waals surface area contributed by atoms with Gasteiger partial charge in [-0.2, -0.15) is 0 Å². The second-order valence-electron chi connectivity index (χ2n) is 5.49. The van der Waals surface area contributed by atoms with Gasteiger partial charge in [-0.3, -0.25) is 0 Å². The zero-order valence-corrected chi connectivity index (χ0v) is 14.5. The molecule has 0 bridgehead atoms. The number of hydrogen-bond acceptors (Lipinski definition) is 1. The summed E-state index contributed by atoms with van der Waals surface area (Å²) in [5.41, 5.74) is 3.68. The van der Waals surface area contributed by atoms with Crippen LogP contribution in [0.5, 0.6) is 0 Å². The van der Waals surface area contributed by atoms with Gasteiger partial charge in [0.05, 0.1) is 0 Å². The van der Waals surface area contributed by atoms with Crippen LogP contribution in [0.25, 0.3) is 0 Å². The van der Waals surface area contributed by atoms with E-state index in [2.05, 4.69) is 19.1 Å². The summed E-state index contributed by atoms with van der Waals surface area (Å²) in [6.07, 6.45) is 14.9. The number of aliphatic hydroxyl groups excluding tert-OH is 1. The molecule has 1 saturated carbocycles. The summed E-state index contributed by atoms with van der Waals surface area (Å²) in [4.78, 5) is 0. The molecule has 1 N–H and O–H groups in total. The molecule has 1 fully saturated rings. The van der Waals surface area contributed by atoms with Gasteiger partial charge < -0.3 is 5.11 Å². The molecular weight excluding hydrogens is 244 g/mol. The fraction of sp³-hybridized carbons (Fsp3) is 0.789. The van der Waals surface area contributed by atoms with Crippen molar-refractivity contribution in [1.82, 2.24) is 0 Å². The third kappa shape index (κ3) is 5.44. The second-order valence-corrected chi connectivity index (χ2v) is 5.49. The predicted octanol–water partition coefficient (Wildman–Crippen LogP) is 6.04. The van der Waals surface area contributed by atoms with Gasteiger partial charge in [-0.25, -0.2) is 0 Å². The van der Waals surface area contributed by atoms with Crippen molar-refractivity contribution in [3.05, 3.63) is 23.3 Å². The van der Waals surface area contributed by atoms with Crippen LogP contribution >= 0.6 is 0 Å². The zero-order chi connectivity index (χ0) is 15.4. The van der Waals surface area contributed by atoms with Gasteiger partial charge in [0.25, 0.3) is 0 Å². The topological polar surface area (TPSA) is 20.2 Å². The average molecular weight is 280 g/mol. The highest BCUT2D eigenvalue weighted by atomic mass is 16.2. The maximum atomic E-state index is 9.10. The van der Waals surface area contributed by atoms with Crippen molar-refractivity contribution in [3.63, 3.8) is 0 Å². The highest BCUT2D eigenvalue weighted by Crippen LogP contribution is 2.51. The SMILES string of the molecule is C/C=C\C1=C(CCO)CCC2(CCCC2)C1.CC.CC. The molecule has 2 rings (SSSR count). The van der Waals surface area contributed by atoms with Gasteiger partial charge in [-0.05, 0) is 56.4 Å². The van der Waals surface area contributed by atoms with Gasteiger partial charge in [0.15, 0.2) is 0 Å². The zero-order valence-electron chi connectivity index (χ0n) is 14.5. The van der Waals surface area contributed by atoms with E-state index in [1.807, 2.05) is 27.7 Å². The maximum Gasteiger partial charge on any atom is 0.0468 e. The Morgan fingerprint density at radius 2 is 1.65 bits per heavy atom. The van der Waals surface area contributed by atoms with E-state index in [1.165, 1.54) is 56.1 Å². The predicted molar refractivity (Wildman–Crippen MR) is 91.0 cm³/mol. The minimum Gasteiger partial charge on any atom is -0.396 e. The first-order valence-electron chi connectivity index (χ1n) is 8.74. The van der Waals surface area contributed by atoms with E-state index in [9.17, 15) is 0 Å². The van der Waals surface area contributed by atoms with Crippen LogP contribution in [0.4, 0.5) is 0 Å². The number of aliphatic hydroxyl groups is 1. The van der Waals surface area contributed by atoms with E-state index in [4.69, 9.17) is 5.11 Å². The molecule has 0 unspecified atom stereocenters. The number of rotatable bonds is 3. The molecule has 1 spiro atoms. The molecule has 0 aliphatic heterocycles. The summed E-state index contributed by atoms with van der Waals surface area (Å²) in [6, 6.07) is 0. The first kappa shape index (κ1) is 19.4. The third-order valence-corrected chi connectivity index (χ3v) is 4.42. The van der Waals surface area contributed by atoms with E-state index in [1.54, 1.807) is 0 Å². The van der Waals surface area contributed by atoms with Crippen molar-refractivity contribution >= 4 is 0 Å². The summed E-state index contributed by atoms with van der Waals surface area (Å²) in [6.45, 7) is 10.4. The van der Waals surface area contributed by atoms with Crippen molar-refractivity contribution in [2.75, 3.05) is 6.61 Å². The number of hydrogen-bond donors (Lipinski definition) is 1. The van der Waals surface area contributed by atoms with Crippen LogP contribution in [0, 0.1) is 5.41 Å². The molecular formula is C19H36O. The minimum atomic E-state index is 0.309. The average Bonchev–Trinajstić information content (AvgIpc) is 2.95. The molecule has 0 heterocycles. The van der Waals surface area contributed by atoms with Gasteiger partial charge in [0.1, 0.15) is 0 Å². The summed E-state index contributed by atoms with van der Waals surface area (Å²) in [7, 11) is 0. The lowest BCUT2D eigenvalue weighted by molar-refractivity contribution is 0.246. The highest BCUT2D eigenvalue weighted by Gasteiger charge is 2.36. The minimum absolute atomic E-state index is 0.309. The molecule has 0 aromatic rings. The lowest BCUT2D eigenvalue weighted by Crippen LogP contribution is -2.22. The van der Waals surface area contributed by atoms with Crippen molar-refractivity contribution in [2.45, 2.75) is 86.0 Å². The van der Waals surface area contributed by atoms with E-state index >= 15 is 0 Å². The monoisotopic (exact) mass is 280 g/mol. The Morgan fingerprint density at radius 3 is 2.15 bits per heavy atom. The van der Waals surface area contributed by atoms with Crippen molar-refractivity contribution in [1.29, 1.82) is 0 Å². The molecule has 0 atom stereocenters. The van der Waals surface area contributed by atoms with Gasteiger partial charge in [0, 0.05) is 6.61 Å². The van der Waals surface area contributed by atoms with Gasteiger partial charge in [-0.1, -0.05) is 58.3 Å². The van der Waals surface area contributed by atoms with Crippen LogP contribution in [0.3, 0.4) is 0 Å². The fourth-order valence-electron chi connectivity index (χ4n) is 3.54. The van der Waals surface area contributed by atoms with Crippen molar-refractivity contribution in [2.24, 2.45) is 5.41 Å². The van der Waals surface area contributed by atoms with E-state index < -0.39 is 0 Å². The van der Waals surface area contributed by atoms with Gasteiger partial charge in [0.2, 0.25) is 0 Å². The standard InChI is InChI=1S/C15H24O.2C2H6/c1-2-5-14-12-15(8-3-4-9-15)10-6-13(14)7-11-16;2*1-2/h2,5,16H,3-4,6-12H2,1H3;2*1-2H3/b5-2-;;. The Balaban J connectivity index is 0.000000829. The maximum absolute atomic E-state index is 9.10.